The van der Waals surface area contributed by atoms with Crippen molar-refractivity contribution in [2.24, 2.45) is 0 Å². The van der Waals surface area contributed by atoms with Crippen LogP contribution in [-0.2, 0) is 14.4 Å². The molecule has 4 amide bonds. The Hall–Kier alpha value is -3.56. The number of halogens is 2. The summed E-state index contributed by atoms with van der Waals surface area (Å²) in [7, 11) is 0. The molecule has 0 radical (unpaired) electrons. The van der Waals surface area contributed by atoms with Crippen LogP contribution in [0.2, 0.25) is 10.0 Å². The number of imide groups is 2. The fourth-order valence-electron chi connectivity index (χ4n) is 2.86. The van der Waals surface area contributed by atoms with Gasteiger partial charge < -0.3 is 14.6 Å². The summed E-state index contributed by atoms with van der Waals surface area (Å²) in [6.45, 7) is 1.28. The van der Waals surface area contributed by atoms with Gasteiger partial charge in [-0.1, -0.05) is 23.2 Å². The average molecular weight is 479 g/mol. The van der Waals surface area contributed by atoms with Gasteiger partial charge in [-0.2, -0.15) is 0 Å². The van der Waals surface area contributed by atoms with Crippen LogP contribution in [0.1, 0.15) is 12.5 Å². The maximum absolute atomic E-state index is 13.0. The molecule has 1 aliphatic rings. The molecule has 1 aliphatic heterocycles. The van der Waals surface area contributed by atoms with E-state index in [2.05, 4.69) is 5.32 Å². The topological polar surface area (TPSA) is 122 Å². The number of carboxylic acids is 1. The van der Waals surface area contributed by atoms with Gasteiger partial charge in [0.15, 0.2) is 18.1 Å². The monoisotopic (exact) mass is 478 g/mol. The summed E-state index contributed by atoms with van der Waals surface area (Å²) in [5, 5.41) is 11.4. The van der Waals surface area contributed by atoms with E-state index < -0.39 is 30.4 Å². The highest BCUT2D eigenvalue weighted by molar-refractivity contribution is 6.39. The maximum Gasteiger partial charge on any atom is 0.341 e. The highest BCUT2D eigenvalue weighted by Crippen LogP contribution is 2.37. The third kappa shape index (κ3) is 5.01. The highest BCUT2D eigenvalue weighted by atomic mass is 35.5. The number of rotatable bonds is 7. The molecule has 9 nitrogen and oxygen atoms in total. The normalized spacial score (nSPS) is 15.0. The molecule has 2 aromatic carbocycles. The number of carbonyl (C=O) groups is 4. The van der Waals surface area contributed by atoms with E-state index in [9.17, 15) is 19.2 Å². The number of carbonyl (C=O) groups excluding carboxylic acids is 3. The molecule has 1 saturated heterocycles. The van der Waals surface area contributed by atoms with Crippen molar-refractivity contribution in [3.63, 3.8) is 0 Å². The minimum absolute atomic E-state index is 0.00968. The molecule has 0 bridgehead atoms. The first-order valence-electron chi connectivity index (χ1n) is 9.19. The summed E-state index contributed by atoms with van der Waals surface area (Å²) >= 11 is 12.1. The fourth-order valence-corrected chi connectivity index (χ4v) is 3.26. The summed E-state index contributed by atoms with van der Waals surface area (Å²) in [5.74, 6) is -2.80. The summed E-state index contributed by atoms with van der Waals surface area (Å²) in [6, 6.07) is 7.84. The number of hydrogen-bond donors (Lipinski definition) is 2. The van der Waals surface area contributed by atoms with E-state index in [-0.39, 0.29) is 34.4 Å². The van der Waals surface area contributed by atoms with Gasteiger partial charge in [0.1, 0.15) is 5.57 Å². The Kier molecular flexibility index (Phi) is 7.01. The summed E-state index contributed by atoms with van der Waals surface area (Å²) < 4.78 is 10.6. The van der Waals surface area contributed by atoms with Crippen molar-refractivity contribution in [3.8, 4) is 11.5 Å². The zero-order valence-corrected chi connectivity index (χ0v) is 18.1. The first-order chi connectivity index (χ1) is 15.2. The maximum atomic E-state index is 13.0. The zero-order valence-electron chi connectivity index (χ0n) is 16.6. The molecular formula is C21H16Cl2N2O7. The quantitative estimate of drug-likeness (QED) is 0.460. The minimum Gasteiger partial charge on any atom is -0.490 e. The number of aliphatic carboxylic acids is 1. The Morgan fingerprint density at radius 2 is 1.81 bits per heavy atom. The lowest BCUT2D eigenvalue weighted by Crippen LogP contribution is -2.54. The number of urea groups is 1. The SMILES string of the molecule is CCOc1cc(C=C2C(=O)NC(=O)N(c3ccc(Cl)cc3)C2=O)cc(Cl)c1OCC(=O)O. The molecule has 1 fully saturated rings. The number of barbiturate groups is 1. The number of carboxylic acid groups (broad SMARTS) is 1. The van der Waals surface area contributed by atoms with Crippen LogP contribution < -0.4 is 19.7 Å². The third-order valence-electron chi connectivity index (χ3n) is 4.17. The van der Waals surface area contributed by atoms with Crippen LogP contribution in [0.4, 0.5) is 10.5 Å². The van der Waals surface area contributed by atoms with Gasteiger partial charge in [-0.3, -0.25) is 14.9 Å². The molecule has 0 saturated carbocycles. The van der Waals surface area contributed by atoms with Gasteiger partial charge in [0.25, 0.3) is 11.8 Å². The van der Waals surface area contributed by atoms with Crippen LogP contribution in [0.5, 0.6) is 11.5 Å². The van der Waals surface area contributed by atoms with Gasteiger partial charge in [-0.25, -0.2) is 14.5 Å². The van der Waals surface area contributed by atoms with E-state index in [0.717, 1.165) is 4.90 Å². The van der Waals surface area contributed by atoms with Crippen molar-refractivity contribution in [1.29, 1.82) is 0 Å². The number of amides is 4. The second-order valence-electron chi connectivity index (χ2n) is 6.38. The summed E-state index contributed by atoms with van der Waals surface area (Å²) in [5.41, 5.74) is 0.197. The predicted octanol–water partition coefficient (Wildman–Crippen LogP) is 3.52. The second kappa shape index (κ2) is 9.71. The van der Waals surface area contributed by atoms with Crippen LogP contribution >= 0.6 is 23.2 Å². The highest BCUT2D eigenvalue weighted by Gasteiger charge is 2.36. The lowest BCUT2D eigenvalue weighted by atomic mass is 10.1. The van der Waals surface area contributed by atoms with Gasteiger partial charge in [0, 0.05) is 5.02 Å². The molecule has 1 heterocycles. The smallest absolute Gasteiger partial charge is 0.341 e. The molecule has 166 valence electrons. The van der Waals surface area contributed by atoms with Crippen LogP contribution in [0, 0.1) is 0 Å². The van der Waals surface area contributed by atoms with Crippen LogP contribution in [0.25, 0.3) is 6.08 Å². The van der Waals surface area contributed by atoms with Gasteiger partial charge in [0.05, 0.1) is 17.3 Å². The number of anilines is 1. The molecule has 11 heteroatoms. The third-order valence-corrected chi connectivity index (χ3v) is 4.70. The first kappa shape index (κ1) is 23.1. The average Bonchev–Trinajstić information content (AvgIpc) is 2.72. The molecule has 2 N–H and O–H groups in total. The molecule has 0 unspecified atom stereocenters. The molecule has 32 heavy (non-hydrogen) atoms. The molecule has 0 aromatic heterocycles. The van der Waals surface area contributed by atoms with E-state index in [4.69, 9.17) is 37.8 Å². The van der Waals surface area contributed by atoms with E-state index in [1.807, 2.05) is 0 Å². The van der Waals surface area contributed by atoms with E-state index in [1.165, 1.54) is 42.5 Å². The molecule has 2 aromatic rings. The molecular weight excluding hydrogens is 463 g/mol. The van der Waals surface area contributed by atoms with Crippen LogP contribution in [0.3, 0.4) is 0 Å². The van der Waals surface area contributed by atoms with Gasteiger partial charge in [-0.05, 0) is 55.0 Å². The number of nitrogens with zero attached hydrogens (tertiary/aromatic N) is 1. The summed E-state index contributed by atoms with van der Waals surface area (Å²) in [6.07, 6.45) is 1.24. The van der Waals surface area contributed by atoms with Crippen molar-refractivity contribution < 1.29 is 33.8 Å². The fraction of sp³-hybridized carbons (Fsp3) is 0.143. The molecule has 3 rings (SSSR count). The first-order valence-corrected chi connectivity index (χ1v) is 9.94. The number of ether oxygens (including phenoxy) is 2. The number of hydrogen-bond acceptors (Lipinski definition) is 6. The molecule has 0 spiro atoms. The number of nitrogens with one attached hydrogen (secondary N) is 1. The van der Waals surface area contributed by atoms with E-state index in [0.29, 0.717) is 10.6 Å². The minimum atomic E-state index is -1.20. The Balaban J connectivity index is 2.00. The zero-order chi connectivity index (χ0) is 23.4. The van der Waals surface area contributed by atoms with Gasteiger partial charge in [-0.15, -0.1) is 0 Å². The van der Waals surface area contributed by atoms with Crippen molar-refractivity contribution in [3.05, 3.63) is 57.6 Å². The van der Waals surface area contributed by atoms with Crippen molar-refractivity contribution in [2.75, 3.05) is 18.1 Å². The van der Waals surface area contributed by atoms with Crippen LogP contribution in [0.15, 0.2) is 42.0 Å². The van der Waals surface area contributed by atoms with Crippen molar-refractivity contribution >= 4 is 58.8 Å². The van der Waals surface area contributed by atoms with Crippen LogP contribution in [-0.4, -0.2) is 42.1 Å². The second-order valence-corrected chi connectivity index (χ2v) is 7.22. The lowest BCUT2D eigenvalue weighted by molar-refractivity contribution is -0.139. The van der Waals surface area contributed by atoms with E-state index in [1.54, 1.807) is 6.92 Å². The largest absolute Gasteiger partial charge is 0.490 e. The van der Waals surface area contributed by atoms with Crippen molar-refractivity contribution in [2.45, 2.75) is 6.92 Å². The Morgan fingerprint density at radius 3 is 2.44 bits per heavy atom. The molecule has 0 aliphatic carbocycles. The van der Waals surface area contributed by atoms with E-state index >= 15 is 0 Å². The number of benzene rings is 2. The van der Waals surface area contributed by atoms with Crippen molar-refractivity contribution in [1.82, 2.24) is 5.32 Å². The van der Waals surface area contributed by atoms with Gasteiger partial charge >= 0.3 is 12.0 Å². The Morgan fingerprint density at radius 1 is 1.12 bits per heavy atom. The Bertz CT molecular complexity index is 1130. The predicted molar refractivity (Wildman–Crippen MR) is 116 cm³/mol. The molecule has 0 atom stereocenters. The van der Waals surface area contributed by atoms with Gasteiger partial charge in [0.2, 0.25) is 0 Å². The Labute approximate surface area is 192 Å². The standard InChI is InChI=1S/C21H16Cl2N2O7/c1-2-31-16-9-11(8-15(23)18(16)32-10-17(26)27)7-14-19(28)24-21(30)25(20(14)29)13-5-3-12(22)4-6-13/h3-9H,2,10H2,1H3,(H,26,27)(H,24,28,30). The lowest BCUT2D eigenvalue weighted by Gasteiger charge is -2.26. The summed E-state index contributed by atoms with van der Waals surface area (Å²) in [4.78, 5) is 49.2.